The van der Waals surface area contributed by atoms with Gasteiger partial charge in [0.1, 0.15) is 0 Å². The molecule has 0 aliphatic carbocycles. The minimum absolute atomic E-state index is 0.385. The lowest BCUT2D eigenvalue weighted by Crippen LogP contribution is -2.45. The first kappa shape index (κ1) is 9.20. The second-order valence-corrected chi connectivity index (χ2v) is 5.19. The molecule has 1 aliphatic heterocycles. The summed E-state index contributed by atoms with van der Waals surface area (Å²) in [5.41, 5.74) is 0. The van der Waals surface area contributed by atoms with Crippen LogP contribution < -0.4 is 5.32 Å². The fraction of sp³-hybridized carbons (Fsp3) is 1.00. The maximum atomic E-state index is 11.5. The summed E-state index contributed by atoms with van der Waals surface area (Å²) >= 11 is 0. The van der Waals surface area contributed by atoms with E-state index in [4.69, 9.17) is 0 Å². The fourth-order valence-corrected chi connectivity index (χ4v) is 2.45. The van der Waals surface area contributed by atoms with Crippen LogP contribution in [0, 0.1) is 5.92 Å². The zero-order chi connectivity index (χ0) is 8.27. The molecular weight excluding hydrogens is 158 g/mol. The molecule has 0 spiro atoms. The number of rotatable bonds is 4. The van der Waals surface area contributed by atoms with E-state index in [2.05, 4.69) is 19.2 Å². The van der Waals surface area contributed by atoms with Crippen molar-refractivity contribution < 1.29 is 4.21 Å². The van der Waals surface area contributed by atoms with Crippen LogP contribution in [0.15, 0.2) is 0 Å². The van der Waals surface area contributed by atoms with Gasteiger partial charge < -0.3 is 5.32 Å². The summed E-state index contributed by atoms with van der Waals surface area (Å²) in [7, 11) is -0.584. The molecule has 0 aromatic rings. The molecule has 3 heteroatoms. The molecule has 2 unspecified atom stereocenters. The van der Waals surface area contributed by atoms with Gasteiger partial charge in [0.25, 0.3) is 0 Å². The molecule has 0 aromatic heterocycles. The SMILES string of the molecule is CCC(C)S(=O)CC1CNC1. The monoisotopic (exact) mass is 175 g/mol. The number of nitrogens with one attached hydrogen (secondary N) is 1. The van der Waals surface area contributed by atoms with Crippen LogP contribution in [-0.2, 0) is 10.8 Å². The Morgan fingerprint density at radius 3 is 2.64 bits per heavy atom. The first-order valence-corrected chi connectivity index (χ1v) is 5.70. The van der Waals surface area contributed by atoms with Crippen molar-refractivity contribution in [3.05, 3.63) is 0 Å². The normalized spacial score (nSPS) is 24.2. The zero-order valence-corrected chi connectivity index (χ0v) is 8.12. The summed E-state index contributed by atoms with van der Waals surface area (Å²) in [6.07, 6.45) is 1.03. The van der Waals surface area contributed by atoms with Crippen molar-refractivity contribution in [1.82, 2.24) is 5.32 Å². The van der Waals surface area contributed by atoms with Crippen molar-refractivity contribution >= 4 is 10.8 Å². The van der Waals surface area contributed by atoms with Gasteiger partial charge in [-0.15, -0.1) is 0 Å². The van der Waals surface area contributed by atoms with Crippen LogP contribution in [0.25, 0.3) is 0 Å². The predicted molar refractivity (Wildman–Crippen MR) is 49.1 cm³/mol. The lowest BCUT2D eigenvalue weighted by Gasteiger charge is -2.27. The molecular formula is C8H17NOS. The second kappa shape index (κ2) is 4.21. The van der Waals surface area contributed by atoms with Gasteiger partial charge in [-0.1, -0.05) is 13.8 Å². The second-order valence-electron chi connectivity index (χ2n) is 3.29. The smallest absolute Gasteiger partial charge is 0.0317 e. The highest BCUT2D eigenvalue weighted by Crippen LogP contribution is 2.09. The molecule has 1 saturated heterocycles. The summed E-state index contributed by atoms with van der Waals surface area (Å²) in [5.74, 6) is 1.59. The molecule has 2 nitrogen and oxygen atoms in total. The highest BCUT2D eigenvalue weighted by atomic mass is 32.2. The third-order valence-corrected chi connectivity index (χ3v) is 4.32. The van der Waals surface area contributed by atoms with Crippen molar-refractivity contribution in [3.8, 4) is 0 Å². The Morgan fingerprint density at radius 2 is 2.27 bits per heavy atom. The number of hydrogen-bond acceptors (Lipinski definition) is 2. The van der Waals surface area contributed by atoms with E-state index in [1.54, 1.807) is 0 Å². The quantitative estimate of drug-likeness (QED) is 0.683. The lowest BCUT2D eigenvalue weighted by molar-refractivity contribution is 0.382. The van der Waals surface area contributed by atoms with Gasteiger partial charge in [-0.05, 0) is 12.3 Å². The first-order chi connectivity index (χ1) is 5.24. The third-order valence-electron chi connectivity index (χ3n) is 2.29. The molecule has 0 aromatic carbocycles. The van der Waals surface area contributed by atoms with E-state index >= 15 is 0 Å². The van der Waals surface area contributed by atoms with Gasteiger partial charge >= 0.3 is 0 Å². The zero-order valence-electron chi connectivity index (χ0n) is 7.30. The van der Waals surface area contributed by atoms with Gasteiger partial charge in [-0.3, -0.25) is 4.21 Å². The van der Waals surface area contributed by atoms with Crippen molar-refractivity contribution in [2.24, 2.45) is 5.92 Å². The van der Waals surface area contributed by atoms with Gasteiger partial charge in [-0.2, -0.15) is 0 Å². The first-order valence-electron chi connectivity index (χ1n) is 4.32. The topological polar surface area (TPSA) is 29.1 Å². The maximum Gasteiger partial charge on any atom is 0.0317 e. The van der Waals surface area contributed by atoms with Crippen molar-refractivity contribution in [2.75, 3.05) is 18.8 Å². The minimum atomic E-state index is -0.584. The van der Waals surface area contributed by atoms with Crippen LogP contribution in [0.1, 0.15) is 20.3 Å². The Balaban J connectivity index is 2.19. The van der Waals surface area contributed by atoms with Gasteiger partial charge in [0, 0.05) is 34.9 Å². The Hall–Kier alpha value is 0.110. The Bertz CT molecular complexity index is 145. The predicted octanol–water partition coefficient (Wildman–Crippen LogP) is 0.753. The van der Waals surface area contributed by atoms with E-state index in [9.17, 15) is 4.21 Å². The molecule has 1 aliphatic rings. The summed E-state index contributed by atoms with van der Waals surface area (Å²) in [6, 6.07) is 0. The van der Waals surface area contributed by atoms with Crippen LogP contribution in [0.2, 0.25) is 0 Å². The Morgan fingerprint density at radius 1 is 1.64 bits per heavy atom. The van der Waals surface area contributed by atoms with Crippen molar-refractivity contribution in [2.45, 2.75) is 25.5 Å². The molecule has 1 N–H and O–H groups in total. The standard InChI is InChI=1S/C8H17NOS/c1-3-7(2)11(10)6-8-4-9-5-8/h7-9H,3-6H2,1-2H3. The van der Waals surface area contributed by atoms with E-state index in [0.29, 0.717) is 11.2 Å². The molecule has 66 valence electrons. The summed E-state index contributed by atoms with van der Waals surface area (Å²) in [5, 5.41) is 3.57. The van der Waals surface area contributed by atoms with Crippen LogP contribution >= 0.6 is 0 Å². The van der Waals surface area contributed by atoms with E-state index in [0.717, 1.165) is 25.3 Å². The van der Waals surface area contributed by atoms with Gasteiger partial charge in [0.2, 0.25) is 0 Å². The van der Waals surface area contributed by atoms with Crippen LogP contribution in [0.5, 0.6) is 0 Å². The summed E-state index contributed by atoms with van der Waals surface area (Å²) in [4.78, 5) is 0. The van der Waals surface area contributed by atoms with Gasteiger partial charge in [0.15, 0.2) is 0 Å². The Kier molecular flexibility index (Phi) is 3.52. The van der Waals surface area contributed by atoms with Crippen LogP contribution in [-0.4, -0.2) is 28.3 Å². The van der Waals surface area contributed by atoms with Crippen molar-refractivity contribution in [1.29, 1.82) is 0 Å². The van der Waals surface area contributed by atoms with Crippen LogP contribution in [0.4, 0.5) is 0 Å². The fourth-order valence-electron chi connectivity index (χ4n) is 1.05. The van der Waals surface area contributed by atoms with Crippen molar-refractivity contribution in [3.63, 3.8) is 0 Å². The summed E-state index contributed by atoms with van der Waals surface area (Å²) < 4.78 is 11.5. The van der Waals surface area contributed by atoms with Crippen LogP contribution in [0.3, 0.4) is 0 Å². The maximum absolute atomic E-state index is 11.5. The van der Waals surface area contributed by atoms with E-state index in [-0.39, 0.29) is 0 Å². The largest absolute Gasteiger partial charge is 0.316 e. The molecule has 1 heterocycles. The molecule has 0 amide bonds. The minimum Gasteiger partial charge on any atom is -0.316 e. The summed E-state index contributed by atoms with van der Waals surface area (Å²) in [6.45, 7) is 6.31. The molecule has 0 radical (unpaired) electrons. The van der Waals surface area contributed by atoms with E-state index < -0.39 is 10.8 Å². The number of hydrogen-bond donors (Lipinski definition) is 1. The lowest BCUT2D eigenvalue weighted by atomic mass is 10.1. The molecule has 0 bridgehead atoms. The molecule has 1 rings (SSSR count). The third kappa shape index (κ3) is 2.56. The van der Waals surface area contributed by atoms with E-state index in [1.807, 2.05) is 0 Å². The molecule has 11 heavy (non-hydrogen) atoms. The average molecular weight is 175 g/mol. The highest BCUT2D eigenvalue weighted by molar-refractivity contribution is 7.85. The van der Waals surface area contributed by atoms with E-state index in [1.165, 1.54) is 0 Å². The van der Waals surface area contributed by atoms with Gasteiger partial charge in [0.05, 0.1) is 0 Å². The molecule has 2 atom stereocenters. The molecule has 0 saturated carbocycles. The average Bonchev–Trinajstić information content (AvgIpc) is 1.94. The Labute approximate surface area is 71.2 Å². The van der Waals surface area contributed by atoms with Gasteiger partial charge in [-0.25, -0.2) is 0 Å². The highest BCUT2D eigenvalue weighted by Gasteiger charge is 2.21. The molecule has 1 fully saturated rings.